The lowest BCUT2D eigenvalue weighted by atomic mass is 10.2. The van der Waals surface area contributed by atoms with Crippen LogP contribution in [0.2, 0.25) is 5.02 Å². The van der Waals surface area contributed by atoms with Crippen molar-refractivity contribution in [3.05, 3.63) is 28.8 Å². The standard InChI is InChI=1S/C16H26ClN3O2/c1-4-21-11-9-20-16(18-3)19-8-5-10-22-15-7-6-14(17)12-13(15)2/h6-7,12H,4-5,8-11H2,1-3H3,(H2,18,19,20). The topological polar surface area (TPSA) is 54.9 Å². The molecule has 0 aliphatic rings. The number of rotatable bonds is 9. The van der Waals surface area contributed by atoms with Crippen LogP contribution in [0, 0.1) is 6.92 Å². The van der Waals surface area contributed by atoms with Gasteiger partial charge in [0.25, 0.3) is 0 Å². The summed E-state index contributed by atoms with van der Waals surface area (Å²) in [6, 6.07) is 5.64. The molecule has 0 radical (unpaired) electrons. The van der Waals surface area contributed by atoms with Gasteiger partial charge in [0, 0.05) is 31.8 Å². The molecular formula is C16H26ClN3O2. The largest absolute Gasteiger partial charge is 0.493 e. The Hall–Kier alpha value is -1.46. The smallest absolute Gasteiger partial charge is 0.191 e. The summed E-state index contributed by atoms with van der Waals surface area (Å²) in [6.45, 7) is 7.56. The second kappa shape index (κ2) is 11.2. The number of halogens is 1. The highest BCUT2D eigenvalue weighted by molar-refractivity contribution is 6.30. The number of aliphatic imine (C=N–C) groups is 1. The summed E-state index contributed by atoms with van der Waals surface area (Å²) in [7, 11) is 1.75. The van der Waals surface area contributed by atoms with Crippen molar-refractivity contribution >= 4 is 17.6 Å². The zero-order valence-corrected chi connectivity index (χ0v) is 14.4. The molecule has 0 unspecified atom stereocenters. The summed E-state index contributed by atoms with van der Waals surface area (Å²) >= 11 is 5.92. The fraction of sp³-hybridized carbons (Fsp3) is 0.562. The predicted octanol–water partition coefficient (Wildman–Crippen LogP) is 2.62. The van der Waals surface area contributed by atoms with Gasteiger partial charge in [-0.3, -0.25) is 4.99 Å². The molecular weight excluding hydrogens is 302 g/mol. The summed E-state index contributed by atoms with van der Waals surface area (Å²) < 4.78 is 11.0. The molecule has 0 saturated heterocycles. The van der Waals surface area contributed by atoms with Gasteiger partial charge in [0.05, 0.1) is 13.2 Å². The van der Waals surface area contributed by atoms with E-state index in [-0.39, 0.29) is 0 Å². The predicted molar refractivity (Wildman–Crippen MR) is 92.2 cm³/mol. The molecule has 0 atom stereocenters. The zero-order valence-electron chi connectivity index (χ0n) is 13.6. The number of nitrogens with one attached hydrogen (secondary N) is 2. The normalized spacial score (nSPS) is 11.4. The summed E-state index contributed by atoms with van der Waals surface area (Å²) in [4.78, 5) is 4.15. The zero-order chi connectivity index (χ0) is 16.2. The Morgan fingerprint density at radius 2 is 2.00 bits per heavy atom. The van der Waals surface area contributed by atoms with Gasteiger partial charge >= 0.3 is 0 Å². The molecule has 2 N–H and O–H groups in total. The van der Waals surface area contributed by atoms with E-state index in [1.165, 1.54) is 0 Å². The Morgan fingerprint density at radius 3 is 2.68 bits per heavy atom. The summed E-state index contributed by atoms with van der Waals surface area (Å²) in [5.74, 6) is 1.66. The third-order valence-corrected chi connectivity index (χ3v) is 3.21. The minimum absolute atomic E-state index is 0.644. The molecule has 1 rings (SSSR count). The molecule has 22 heavy (non-hydrogen) atoms. The highest BCUT2D eigenvalue weighted by atomic mass is 35.5. The van der Waals surface area contributed by atoms with E-state index in [4.69, 9.17) is 21.1 Å². The average molecular weight is 328 g/mol. The summed E-state index contributed by atoms with van der Waals surface area (Å²) in [5, 5.41) is 7.16. The lowest BCUT2D eigenvalue weighted by molar-refractivity contribution is 0.152. The first-order chi connectivity index (χ1) is 10.7. The van der Waals surface area contributed by atoms with Gasteiger partial charge < -0.3 is 20.1 Å². The van der Waals surface area contributed by atoms with Crippen LogP contribution in [-0.2, 0) is 4.74 Å². The third-order valence-electron chi connectivity index (χ3n) is 2.97. The molecule has 6 heteroatoms. The molecule has 0 aromatic heterocycles. The molecule has 1 aromatic carbocycles. The Bertz CT molecular complexity index is 467. The first-order valence-corrected chi connectivity index (χ1v) is 7.96. The van der Waals surface area contributed by atoms with E-state index in [0.717, 1.165) is 48.4 Å². The Morgan fingerprint density at radius 1 is 1.23 bits per heavy atom. The number of aryl methyl sites for hydroxylation is 1. The van der Waals surface area contributed by atoms with E-state index in [1.54, 1.807) is 7.05 Å². The van der Waals surface area contributed by atoms with E-state index in [1.807, 2.05) is 32.0 Å². The quantitative estimate of drug-likeness (QED) is 0.416. The van der Waals surface area contributed by atoms with Crippen molar-refractivity contribution < 1.29 is 9.47 Å². The van der Waals surface area contributed by atoms with Crippen molar-refractivity contribution in [2.24, 2.45) is 4.99 Å². The molecule has 0 saturated carbocycles. The van der Waals surface area contributed by atoms with Gasteiger partial charge in [0.15, 0.2) is 5.96 Å². The Labute approximate surface area is 138 Å². The minimum atomic E-state index is 0.644. The van der Waals surface area contributed by atoms with Gasteiger partial charge in [-0.05, 0) is 44.0 Å². The van der Waals surface area contributed by atoms with Crippen LogP contribution in [0.4, 0.5) is 0 Å². The maximum atomic E-state index is 5.92. The van der Waals surface area contributed by atoms with Crippen molar-refractivity contribution in [1.82, 2.24) is 10.6 Å². The fourth-order valence-corrected chi connectivity index (χ4v) is 2.07. The van der Waals surface area contributed by atoms with Crippen molar-refractivity contribution in [2.45, 2.75) is 20.3 Å². The lowest BCUT2D eigenvalue weighted by Gasteiger charge is -2.13. The fourth-order valence-electron chi connectivity index (χ4n) is 1.84. The van der Waals surface area contributed by atoms with Gasteiger partial charge in [0.2, 0.25) is 0 Å². The molecule has 0 amide bonds. The molecule has 0 aliphatic carbocycles. The highest BCUT2D eigenvalue weighted by Crippen LogP contribution is 2.21. The highest BCUT2D eigenvalue weighted by Gasteiger charge is 2.01. The van der Waals surface area contributed by atoms with E-state index in [9.17, 15) is 0 Å². The molecule has 0 fully saturated rings. The number of hydrogen-bond donors (Lipinski definition) is 2. The van der Waals surface area contributed by atoms with E-state index in [2.05, 4.69) is 15.6 Å². The van der Waals surface area contributed by atoms with Gasteiger partial charge in [0.1, 0.15) is 5.75 Å². The van der Waals surface area contributed by atoms with Crippen molar-refractivity contribution in [1.29, 1.82) is 0 Å². The first kappa shape index (κ1) is 18.6. The van der Waals surface area contributed by atoms with Crippen molar-refractivity contribution in [2.75, 3.05) is 40.0 Å². The van der Waals surface area contributed by atoms with Crippen LogP contribution < -0.4 is 15.4 Å². The molecule has 0 spiro atoms. The lowest BCUT2D eigenvalue weighted by Crippen LogP contribution is -2.39. The second-order valence-corrected chi connectivity index (χ2v) is 5.17. The second-order valence-electron chi connectivity index (χ2n) is 4.73. The van der Waals surface area contributed by atoms with E-state index in [0.29, 0.717) is 13.2 Å². The van der Waals surface area contributed by atoms with Crippen LogP contribution in [0.1, 0.15) is 18.9 Å². The summed E-state index contributed by atoms with van der Waals surface area (Å²) in [5.41, 5.74) is 1.05. The molecule has 0 aliphatic heterocycles. The Balaban J connectivity index is 2.16. The van der Waals surface area contributed by atoms with Crippen LogP contribution in [0.3, 0.4) is 0 Å². The van der Waals surface area contributed by atoms with Crippen LogP contribution in [0.5, 0.6) is 5.75 Å². The van der Waals surface area contributed by atoms with Gasteiger partial charge in [-0.15, -0.1) is 0 Å². The third kappa shape index (κ3) is 7.52. The first-order valence-electron chi connectivity index (χ1n) is 7.58. The number of benzene rings is 1. The van der Waals surface area contributed by atoms with Crippen LogP contribution >= 0.6 is 11.6 Å². The molecule has 1 aromatic rings. The van der Waals surface area contributed by atoms with Crippen molar-refractivity contribution in [3.8, 4) is 5.75 Å². The summed E-state index contributed by atoms with van der Waals surface area (Å²) in [6.07, 6.45) is 0.883. The van der Waals surface area contributed by atoms with Gasteiger partial charge in [-0.2, -0.15) is 0 Å². The Kier molecular flexibility index (Phi) is 9.42. The molecule has 124 valence electrons. The molecule has 0 bridgehead atoms. The molecule has 5 nitrogen and oxygen atoms in total. The maximum Gasteiger partial charge on any atom is 0.191 e. The van der Waals surface area contributed by atoms with E-state index < -0.39 is 0 Å². The maximum absolute atomic E-state index is 5.92. The monoisotopic (exact) mass is 327 g/mol. The average Bonchev–Trinajstić information content (AvgIpc) is 2.51. The van der Waals surface area contributed by atoms with Gasteiger partial charge in [-0.1, -0.05) is 11.6 Å². The number of ether oxygens (including phenoxy) is 2. The van der Waals surface area contributed by atoms with E-state index >= 15 is 0 Å². The van der Waals surface area contributed by atoms with Crippen LogP contribution in [0.15, 0.2) is 23.2 Å². The number of guanidine groups is 1. The number of nitrogens with zero attached hydrogens (tertiary/aromatic N) is 1. The van der Waals surface area contributed by atoms with Crippen LogP contribution in [0.25, 0.3) is 0 Å². The van der Waals surface area contributed by atoms with Crippen LogP contribution in [-0.4, -0.2) is 45.9 Å². The van der Waals surface area contributed by atoms with Crippen molar-refractivity contribution in [3.63, 3.8) is 0 Å². The van der Waals surface area contributed by atoms with Gasteiger partial charge in [-0.25, -0.2) is 0 Å². The SMILES string of the molecule is CCOCCNC(=NC)NCCCOc1ccc(Cl)cc1C. The number of hydrogen-bond acceptors (Lipinski definition) is 3. The minimum Gasteiger partial charge on any atom is -0.493 e. The molecule has 0 heterocycles.